The third kappa shape index (κ3) is 3.96. The number of rotatable bonds is 5. The first-order valence-electron chi connectivity index (χ1n) is 7.65. The lowest BCUT2D eigenvalue weighted by Crippen LogP contribution is -2.36. The molecule has 17 heavy (non-hydrogen) atoms. The van der Waals surface area contributed by atoms with Gasteiger partial charge in [0, 0.05) is 24.7 Å². The van der Waals surface area contributed by atoms with Gasteiger partial charge in [-0.25, -0.2) is 0 Å². The van der Waals surface area contributed by atoms with Crippen molar-refractivity contribution in [3.05, 3.63) is 0 Å². The Kier molecular flexibility index (Phi) is 4.87. The Balaban J connectivity index is 1.66. The summed E-state index contributed by atoms with van der Waals surface area (Å²) in [5.41, 5.74) is 0. The lowest BCUT2D eigenvalue weighted by Gasteiger charge is -2.23. The molecule has 2 nitrogen and oxygen atoms in total. The highest BCUT2D eigenvalue weighted by molar-refractivity contribution is 4.83. The molecule has 1 aliphatic heterocycles. The van der Waals surface area contributed by atoms with Gasteiger partial charge in [0.25, 0.3) is 0 Å². The molecule has 1 saturated heterocycles. The fourth-order valence-corrected chi connectivity index (χ4v) is 3.59. The summed E-state index contributed by atoms with van der Waals surface area (Å²) in [6.07, 6.45) is 8.48. The zero-order valence-corrected chi connectivity index (χ0v) is 11.9. The molecule has 0 radical (unpaired) electrons. The van der Waals surface area contributed by atoms with E-state index >= 15 is 0 Å². The van der Waals surface area contributed by atoms with Crippen LogP contribution in [0.2, 0.25) is 0 Å². The molecule has 2 atom stereocenters. The highest BCUT2D eigenvalue weighted by Crippen LogP contribution is 2.24. The molecule has 0 bridgehead atoms. The van der Waals surface area contributed by atoms with Gasteiger partial charge in [-0.3, -0.25) is 0 Å². The average Bonchev–Trinajstić information content (AvgIpc) is 2.88. The van der Waals surface area contributed by atoms with E-state index in [1.54, 1.807) is 0 Å². The summed E-state index contributed by atoms with van der Waals surface area (Å²) in [7, 11) is 0. The van der Waals surface area contributed by atoms with Crippen molar-refractivity contribution in [3.63, 3.8) is 0 Å². The fourth-order valence-electron chi connectivity index (χ4n) is 3.59. The van der Waals surface area contributed by atoms with Gasteiger partial charge in [0.15, 0.2) is 0 Å². The van der Waals surface area contributed by atoms with E-state index in [1.807, 2.05) is 0 Å². The van der Waals surface area contributed by atoms with E-state index in [0.29, 0.717) is 0 Å². The Morgan fingerprint density at radius 2 is 1.82 bits per heavy atom. The van der Waals surface area contributed by atoms with E-state index in [-0.39, 0.29) is 0 Å². The molecule has 2 fully saturated rings. The van der Waals surface area contributed by atoms with Crippen LogP contribution in [0.5, 0.6) is 0 Å². The van der Waals surface area contributed by atoms with Crippen LogP contribution in [0.4, 0.5) is 0 Å². The second-order valence-electron chi connectivity index (χ2n) is 6.53. The van der Waals surface area contributed by atoms with Crippen LogP contribution in [0.15, 0.2) is 0 Å². The molecule has 0 aromatic carbocycles. The molecular weight excluding hydrogens is 208 g/mol. The first-order valence-corrected chi connectivity index (χ1v) is 7.65. The Hall–Kier alpha value is -0.0800. The van der Waals surface area contributed by atoms with Crippen LogP contribution in [0.1, 0.15) is 59.3 Å². The minimum atomic E-state index is 0.718. The largest absolute Gasteiger partial charge is 0.311 e. The first kappa shape index (κ1) is 13.4. The maximum atomic E-state index is 3.83. The Morgan fingerprint density at radius 1 is 1.12 bits per heavy atom. The van der Waals surface area contributed by atoms with Gasteiger partial charge in [-0.15, -0.1) is 0 Å². The van der Waals surface area contributed by atoms with E-state index in [0.717, 1.165) is 24.0 Å². The van der Waals surface area contributed by atoms with Crippen LogP contribution in [0.25, 0.3) is 0 Å². The summed E-state index contributed by atoms with van der Waals surface area (Å²) >= 11 is 0. The van der Waals surface area contributed by atoms with Gasteiger partial charge in [-0.05, 0) is 58.9 Å². The smallest absolute Gasteiger partial charge is 0.00695 e. The molecule has 100 valence electrons. The summed E-state index contributed by atoms with van der Waals surface area (Å²) < 4.78 is 0. The maximum absolute atomic E-state index is 3.83. The zero-order valence-electron chi connectivity index (χ0n) is 11.9. The summed E-state index contributed by atoms with van der Waals surface area (Å²) in [6, 6.07) is 2.28. The number of nitrogens with zero attached hydrogens (tertiary/aromatic N) is 1. The standard InChI is InChI=1S/C15H30N2/c1-12(2)17-9-8-14(11-17)10-13(3)16-15-6-4-5-7-15/h12-16H,4-11H2,1-3H3. The lowest BCUT2D eigenvalue weighted by molar-refractivity contribution is 0.257. The van der Waals surface area contributed by atoms with Crippen LogP contribution in [0.3, 0.4) is 0 Å². The van der Waals surface area contributed by atoms with E-state index in [2.05, 4.69) is 31.0 Å². The second kappa shape index (κ2) is 6.19. The third-order valence-corrected chi connectivity index (χ3v) is 4.61. The number of hydrogen-bond donors (Lipinski definition) is 1. The Labute approximate surface area is 107 Å². The van der Waals surface area contributed by atoms with Crippen molar-refractivity contribution >= 4 is 0 Å². The van der Waals surface area contributed by atoms with E-state index in [9.17, 15) is 0 Å². The molecule has 2 aliphatic rings. The van der Waals surface area contributed by atoms with Crippen LogP contribution >= 0.6 is 0 Å². The SMILES string of the molecule is CC(CC1CCN(C(C)C)C1)NC1CCCC1. The second-order valence-corrected chi connectivity index (χ2v) is 6.53. The van der Waals surface area contributed by atoms with Crippen LogP contribution in [-0.4, -0.2) is 36.1 Å². The van der Waals surface area contributed by atoms with Crippen LogP contribution in [0, 0.1) is 5.92 Å². The molecule has 1 N–H and O–H groups in total. The predicted molar refractivity (Wildman–Crippen MR) is 74.3 cm³/mol. The van der Waals surface area contributed by atoms with Gasteiger partial charge >= 0.3 is 0 Å². The van der Waals surface area contributed by atoms with E-state index < -0.39 is 0 Å². The zero-order chi connectivity index (χ0) is 12.3. The highest BCUT2D eigenvalue weighted by Gasteiger charge is 2.26. The predicted octanol–water partition coefficient (Wildman–Crippen LogP) is 3.03. The summed E-state index contributed by atoms with van der Waals surface area (Å²) in [4.78, 5) is 2.63. The number of nitrogens with one attached hydrogen (secondary N) is 1. The van der Waals surface area contributed by atoms with Gasteiger partial charge in [0.1, 0.15) is 0 Å². The van der Waals surface area contributed by atoms with Gasteiger partial charge in [-0.2, -0.15) is 0 Å². The van der Waals surface area contributed by atoms with Crippen molar-refractivity contribution in [1.82, 2.24) is 10.2 Å². The highest BCUT2D eigenvalue weighted by atomic mass is 15.2. The molecule has 2 unspecified atom stereocenters. The molecule has 0 spiro atoms. The van der Waals surface area contributed by atoms with Crippen molar-refractivity contribution < 1.29 is 0 Å². The van der Waals surface area contributed by atoms with Crippen LogP contribution < -0.4 is 5.32 Å². The molecule has 0 aromatic rings. The molecular formula is C15H30N2. The van der Waals surface area contributed by atoms with Crippen molar-refractivity contribution in [2.45, 2.75) is 77.4 Å². The molecule has 0 amide bonds. The van der Waals surface area contributed by atoms with Crippen molar-refractivity contribution in [1.29, 1.82) is 0 Å². The topological polar surface area (TPSA) is 15.3 Å². The van der Waals surface area contributed by atoms with Gasteiger partial charge in [-0.1, -0.05) is 12.8 Å². The monoisotopic (exact) mass is 238 g/mol. The van der Waals surface area contributed by atoms with E-state index in [4.69, 9.17) is 0 Å². The van der Waals surface area contributed by atoms with Gasteiger partial charge in [0.2, 0.25) is 0 Å². The number of hydrogen-bond acceptors (Lipinski definition) is 2. The van der Waals surface area contributed by atoms with Gasteiger partial charge in [0.05, 0.1) is 0 Å². The van der Waals surface area contributed by atoms with Crippen LogP contribution in [-0.2, 0) is 0 Å². The normalized spacial score (nSPS) is 29.3. The summed E-state index contributed by atoms with van der Waals surface area (Å²) in [5, 5.41) is 3.83. The maximum Gasteiger partial charge on any atom is 0.00695 e. The minimum Gasteiger partial charge on any atom is -0.311 e. The van der Waals surface area contributed by atoms with Crippen molar-refractivity contribution in [2.75, 3.05) is 13.1 Å². The first-order chi connectivity index (χ1) is 8.15. The molecule has 2 heteroatoms. The molecule has 2 rings (SSSR count). The molecule has 1 saturated carbocycles. The lowest BCUT2D eigenvalue weighted by atomic mass is 9.99. The Morgan fingerprint density at radius 3 is 2.41 bits per heavy atom. The minimum absolute atomic E-state index is 0.718. The molecule has 1 aliphatic carbocycles. The van der Waals surface area contributed by atoms with E-state index in [1.165, 1.54) is 51.6 Å². The number of likely N-dealkylation sites (tertiary alicyclic amines) is 1. The molecule has 1 heterocycles. The summed E-state index contributed by atoms with van der Waals surface area (Å²) in [5.74, 6) is 0.932. The quantitative estimate of drug-likeness (QED) is 0.792. The Bertz CT molecular complexity index is 221. The molecule has 0 aromatic heterocycles. The van der Waals surface area contributed by atoms with Crippen molar-refractivity contribution in [2.24, 2.45) is 5.92 Å². The summed E-state index contributed by atoms with van der Waals surface area (Å²) in [6.45, 7) is 9.67. The third-order valence-electron chi connectivity index (χ3n) is 4.61. The average molecular weight is 238 g/mol. The van der Waals surface area contributed by atoms with Crippen molar-refractivity contribution in [3.8, 4) is 0 Å². The van der Waals surface area contributed by atoms with Gasteiger partial charge < -0.3 is 10.2 Å². The fraction of sp³-hybridized carbons (Fsp3) is 1.00.